The van der Waals surface area contributed by atoms with Gasteiger partial charge in [-0.05, 0) is 12.1 Å². The third kappa shape index (κ3) is 2.54. The molecule has 0 aliphatic rings. The Balaban J connectivity index is 2.43. The summed E-state index contributed by atoms with van der Waals surface area (Å²) in [7, 11) is 1.49. The maximum atomic E-state index is 5.64. The van der Waals surface area contributed by atoms with Gasteiger partial charge in [-0.3, -0.25) is 0 Å². The first-order valence-corrected chi connectivity index (χ1v) is 5.77. The number of benzene rings is 1. The molecule has 2 rings (SSSR count). The third-order valence-corrected chi connectivity index (χ3v) is 2.81. The summed E-state index contributed by atoms with van der Waals surface area (Å²) in [4.78, 5) is 9.02. The Morgan fingerprint density at radius 3 is 2.53 bits per heavy atom. The number of nitrogens with two attached hydrogens (primary N) is 2. The summed E-state index contributed by atoms with van der Waals surface area (Å²) < 4.78 is 0. The van der Waals surface area contributed by atoms with Crippen molar-refractivity contribution in [2.75, 3.05) is 18.6 Å². The molecule has 1 aromatic heterocycles. The number of oxime groups is 1. The Hall–Kier alpha value is -2.08. The van der Waals surface area contributed by atoms with Crippen LogP contribution >= 0.6 is 11.3 Å². The van der Waals surface area contributed by atoms with Crippen molar-refractivity contribution < 1.29 is 4.84 Å². The molecule has 1 aromatic carbocycles. The van der Waals surface area contributed by atoms with Crippen LogP contribution in [0.15, 0.2) is 34.8 Å². The lowest BCUT2D eigenvalue weighted by Crippen LogP contribution is -2.05. The van der Waals surface area contributed by atoms with Crippen LogP contribution < -0.4 is 11.5 Å². The zero-order chi connectivity index (χ0) is 12.3. The lowest BCUT2D eigenvalue weighted by Gasteiger charge is -2.03. The molecule has 2 aromatic rings. The molecule has 0 fully saturated rings. The van der Waals surface area contributed by atoms with E-state index in [1.54, 1.807) is 12.1 Å². The number of hydrogen-bond donors (Lipinski definition) is 2. The molecule has 17 heavy (non-hydrogen) atoms. The fraction of sp³-hybridized carbons (Fsp3) is 0.0909. The van der Waals surface area contributed by atoms with Gasteiger partial charge in [-0.15, -0.1) is 11.3 Å². The van der Waals surface area contributed by atoms with Gasteiger partial charge in [-0.2, -0.15) is 0 Å². The van der Waals surface area contributed by atoms with Gasteiger partial charge >= 0.3 is 0 Å². The molecule has 0 aliphatic heterocycles. The number of nitrogens with zero attached hydrogens (tertiary/aromatic N) is 2. The first kappa shape index (κ1) is 11.4. The van der Waals surface area contributed by atoms with Gasteiger partial charge < -0.3 is 16.3 Å². The number of aromatic nitrogens is 1. The smallest absolute Gasteiger partial charge is 0.180 e. The molecule has 0 saturated heterocycles. The summed E-state index contributed by atoms with van der Waals surface area (Å²) in [6, 6.07) is 7.33. The van der Waals surface area contributed by atoms with Crippen LogP contribution in [-0.2, 0) is 4.84 Å². The normalized spacial score (nSPS) is 11.5. The van der Waals surface area contributed by atoms with E-state index in [1.165, 1.54) is 18.4 Å². The van der Waals surface area contributed by atoms with Crippen LogP contribution in [0.2, 0.25) is 0 Å². The standard InChI is InChI=1S/C11H12N4OS/c1-16-15-10(9-6-17-11(13)14-9)7-2-4-8(12)5-3-7/h2-6H,12H2,1H3,(H2,13,14). The SMILES string of the molecule is CON=C(c1ccc(N)cc1)c1csc(N)n1. The fourth-order valence-corrected chi connectivity index (χ4v) is 1.92. The molecule has 1 heterocycles. The number of hydrogen-bond acceptors (Lipinski definition) is 6. The van der Waals surface area contributed by atoms with Gasteiger partial charge in [-0.25, -0.2) is 4.98 Å². The van der Waals surface area contributed by atoms with Gasteiger partial charge in [0, 0.05) is 16.6 Å². The van der Waals surface area contributed by atoms with Crippen LogP contribution in [0.5, 0.6) is 0 Å². The Bertz CT molecular complexity index is 533. The first-order valence-electron chi connectivity index (χ1n) is 4.89. The van der Waals surface area contributed by atoms with Crippen LogP contribution in [0.4, 0.5) is 10.8 Å². The molecular weight excluding hydrogens is 236 g/mol. The Labute approximate surface area is 103 Å². The van der Waals surface area contributed by atoms with Gasteiger partial charge in [0.05, 0.1) is 0 Å². The van der Waals surface area contributed by atoms with Crippen molar-refractivity contribution in [2.24, 2.45) is 5.16 Å². The van der Waals surface area contributed by atoms with Crippen molar-refractivity contribution in [2.45, 2.75) is 0 Å². The summed E-state index contributed by atoms with van der Waals surface area (Å²) in [5.74, 6) is 0. The first-order chi connectivity index (χ1) is 8.20. The number of nitrogen functional groups attached to an aromatic ring is 2. The number of thiazole rings is 1. The van der Waals surface area contributed by atoms with E-state index in [1.807, 2.05) is 17.5 Å². The molecule has 0 spiro atoms. The molecule has 0 amide bonds. The van der Waals surface area contributed by atoms with Crippen LogP contribution in [-0.4, -0.2) is 17.8 Å². The molecule has 0 atom stereocenters. The minimum atomic E-state index is 0.499. The molecule has 4 N–H and O–H groups in total. The van der Waals surface area contributed by atoms with Gasteiger partial charge in [0.15, 0.2) is 5.13 Å². The van der Waals surface area contributed by atoms with Crippen molar-refractivity contribution in [3.05, 3.63) is 40.9 Å². The average Bonchev–Trinajstić information content (AvgIpc) is 2.74. The van der Waals surface area contributed by atoms with Gasteiger partial charge in [0.1, 0.15) is 18.5 Å². The highest BCUT2D eigenvalue weighted by atomic mass is 32.1. The zero-order valence-corrected chi connectivity index (χ0v) is 10.1. The fourth-order valence-electron chi connectivity index (χ4n) is 1.38. The van der Waals surface area contributed by atoms with Gasteiger partial charge in [0.25, 0.3) is 0 Å². The molecule has 88 valence electrons. The quantitative estimate of drug-likeness (QED) is 0.492. The molecule has 6 heteroatoms. The highest BCUT2D eigenvalue weighted by molar-refractivity contribution is 7.13. The van der Waals surface area contributed by atoms with Crippen molar-refractivity contribution >= 4 is 27.9 Å². The van der Waals surface area contributed by atoms with Gasteiger partial charge in [-0.1, -0.05) is 17.3 Å². The second-order valence-electron chi connectivity index (χ2n) is 3.32. The molecular formula is C11H12N4OS. The summed E-state index contributed by atoms with van der Waals surface area (Å²) in [5, 5.41) is 6.31. The van der Waals surface area contributed by atoms with Crippen molar-refractivity contribution in [3.63, 3.8) is 0 Å². The molecule has 0 saturated carbocycles. The van der Waals surface area contributed by atoms with E-state index < -0.39 is 0 Å². The lowest BCUT2D eigenvalue weighted by atomic mass is 10.1. The van der Waals surface area contributed by atoms with Crippen LogP contribution in [0.1, 0.15) is 11.3 Å². The Morgan fingerprint density at radius 1 is 1.29 bits per heavy atom. The largest absolute Gasteiger partial charge is 0.399 e. The maximum Gasteiger partial charge on any atom is 0.180 e. The minimum Gasteiger partial charge on any atom is -0.399 e. The van der Waals surface area contributed by atoms with Crippen molar-refractivity contribution in [3.8, 4) is 0 Å². The van der Waals surface area contributed by atoms with Crippen LogP contribution in [0, 0.1) is 0 Å². The third-order valence-electron chi connectivity index (χ3n) is 2.13. The lowest BCUT2D eigenvalue weighted by molar-refractivity contribution is 0.214. The second kappa shape index (κ2) is 4.84. The summed E-state index contributed by atoms with van der Waals surface area (Å²) in [6.45, 7) is 0. The topological polar surface area (TPSA) is 86.5 Å². The minimum absolute atomic E-state index is 0.499. The Morgan fingerprint density at radius 2 is 2.00 bits per heavy atom. The molecule has 0 aliphatic carbocycles. The maximum absolute atomic E-state index is 5.64. The van der Waals surface area contributed by atoms with E-state index in [0.29, 0.717) is 22.2 Å². The number of rotatable bonds is 3. The predicted octanol–water partition coefficient (Wildman–Crippen LogP) is 1.71. The summed E-state index contributed by atoms with van der Waals surface area (Å²) in [5.41, 5.74) is 14.2. The van der Waals surface area contributed by atoms with E-state index in [4.69, 9.17) is 16.3 Å². The molecule has 0 bridgehead atoms. The van der Waals surface area contributed by atoms with Crippen molar-refractivity contribution in [1.29, 1.82) is 0 Å². The van der Waals surface area contributed by atoms with Gasteiger partial charge in [0.2, 0.25) is 0 Å². The summed E-state index contributed by atoms with van der Waals surface area (Å²) >= 11 is 1.36. The number of anilines is 2. The van der Waals surface area contributed by atoms with E-state index in [-0.39, 0.29) is 0 Å². The molecule has 0 unspecified atom stereocenters. The van der Waals surface area contributed by atoms with E-state index >= 15 is 0 Å². The van der Waals surface area contributed by atoms with Crippen LogP contribution in [0.3, 0.4) is 0 Å². The van der Waals surface area contributed by atoms with E-state index in [2.05, 4.69) is 10.1 Å². The molecule has 0 radical (unpaired) electrons. The van der Waals surface area contributed by atoms with E-state index in [0.717, 1.165) is 5.56 Å². The second-order valence-corrected chi connectivity index (χ2v) is 4.21. The molecule has 5 nitrogen and oxygen atoms in total. The predicted molar refractivity (Wildman–Crippen MR) is 70.0 cm³/mol. The summed E-state index contributed by atoms with van der Waals surface area (Å²) in [6.07, 6.45) is 0. The zero-order valence-electron chi connectivity index (χ0n) is 9.25. The van der Waals surface area contributed by atoms with Crippen LogP contribution in [0.25, 0.3) is 0 Å². The highest BCUT2D eigenvalue weighted by Crippen LogP contribution is 2.17. The Kier molecular flexibility index (Phi) is 3.24. The van der Waals surface area contributed by atoms with E-state index in [9.17, 15) is 0 Å². The monoisotopic (exact) mass is 248 g/mol. The van der Waals surface area contributed by atoms with Crippen molar-refractivity contribution in [1.82, 2.24) is 4.98 Å². The highest BCUT2D eigenvalue weighted by Gasteiger charge is 2.11. The average molecular weight is 248 g/mol.